The van der Waals surface area contributed by atoms with Crippen molar-refractivity contribution in [1.29, 1.82) is 0 Å². The van der Waals surface area contributed by atoms with E-state index in [0.717, 1.165) is 15.8 Å². The van der Waals surface area contributed by atoms with Gasteiger partial charge in [0, 0.05) is 16.0 Å². The molecule has 0 aliphatic carbocycles. The highest BCUT2D eigenvalue weighted by Crippen LogP contribution is 2.24. The molecule has 0 radical (unpaired) electrons. The second-order valence-electron chi connectivity index (χ2n) is 2.80. The second kappa shape index (κ2) is 4.39. The Morgan fingerprint density at radius 2 is 2.14 bits per heavy atom. The van der Waals surface area contributed by atoms with Crippen LogP contribution in [0.5, 0.6) is 0 Å². The Bertz CT molecular complexity index is 428. The van der Waals surface area contributed by atoms with Crippen LogP contribution < -0.4 is 0 Å². The minimum Gasteiger partial charge on any atom is -0.396 e. The maximum atomic E-state index is 8.74. The summed E-state index contributed by atoms with van der Waals surface area (Å²) < 4.78 is 0. The van der Waals surface area contributed by atoms with Crippen molar-refractivity contribution in [3.8, 4) is 0 Å². The average molecular weight is 206 g/mol. The SMILES string of the molecule is OCCSc1cnnc2ccccc12. The van der Waals surface area contributed by atoms with Crippen LogP contribution in [0.3, 0.4) is 0 Å². The summed E-state index contributed by atoms with van der Waals surface area (Å²) in [5.74, 6) is 0.690. The molecule has 0 spiro atoms. The van der Waals surface area contributed by atoms with Crippen molar-refractivity contribution in [3.05, 3.63) is 30.5 Å². The number of hydrogen-bond donors (Lipinski definition) is 1. The number of aromatic nitrogens is 2. The van der Waals surface area contributed by atoms with Crippen molar-refractivity contribution in [1.82, 2.24) is 10.2 Å². The van der Waals surface area contributed by atoms with Gasteiger partial charge in [0.1, 0.15) is 0 Å². The van der Waals surface area contributed by atoms with Gasteiger partial charge in [-0.15, -0.1) is 11.8 Å². The number of rotatable bonds is 3. The Morgan fingerprint density at radius 3 is 3.00 bits per heavy atom. The lowest BCUT2D eigenvalue weighted by Crippen LogP contribution is -1.89. The van der Waals surface area contributed by atoms with Crippen LogP contribution in [-0.4, -0.2) is 27.7 Å². The molecule has 0 fully saturated rings. The highest BCUT2D eigenvalue weighted by Gasteiger charge is 2.01. The lowest BCUT2D eigenvalue weighted by Gasteiger charge is -2.02. The number of nitrogens with zero attached hydrogens (tertiary/aromatic N) is 2. The van der Waals surface area contributed by atoms with E-state index in [4.69, 9.17) is 5.11 Å². The fraction of sp³-hybridized carbons (Fsp3) is 0.200. The molecule has 0 saturated carbocycles. The van der Waals surface area contributed by atoms with Crippen molar-refractivity contribution in [2.75, 3.05) is 12.4 Å². The van der Waals surface area contributed by atoms with Gasteiger partial charge in [0.15, 0.2) is 0 Å². The number of hydrogen-bond acceptors (Lipinski definition) is 4. The first kappa shape index (κ1) is 9.43. The minimum atomic E-state index is 0.182. The molecule has 2 rings (SSSR count). The van der Waals surface area contributed by atoms with Crippen LogP contribution in [0.15, 0.2) is 35.4 Å². The molecule has 1 heterocycles. The monoisotopic (exact) mass is 206 g/mol. The second-order valence-corrected chi connectivity index (χ2v) is 3.93. The van der Waals surface area contributed by atoms with E-state index < -0.39 is 0 Å². The predicted octanol–water partition coefficient (Wildman–Crippen LogP) is 1.71. The third-order valence-corrected chi connectivity index (χ3v) is 2.88. The smallest absolute Gasteiger partial charge is 0.0940 e. The van der Waals surface area contributed by atoms with Crippen LogP contribution in [0.1, 0.15) is 0 Å². The predicted molar refractivity (Wildman–Crippen MR) is 57.3 cm³/mol. The highest BCUT2D eigenvalue weighted by atomic mass is 32.2. The van der Waals surface area contributed by atoms with E-state index in [9.17, 15) is 0 Å². The molecule has 0 amide bonds. The van der Waals surface area contributed by atoms with Crippen molar-refractivity contribution in [3.63, 3.8) is 0 Å². The number of benzene rings is 1. The van der Waals surface area contributed by atoms with Gasteiger partial charge in [-0.1, -0.05) is 18.2 Å². The zero-order valence-electron chi connectivity index (χ0n) is 7.55. The van der Waals surface area contributed by atoms with E-state index >= 15 is 0 Å². The van der Waals surface area contributed by atoms with Crippen LogP contribution in [0, 0.1) is 0 Å². The molecule has 0 atom stereocenters. The number of fused-ring (bicyclic) bond motifs is 1. The van der Waals surface area contributed by atoms with Crippen molar-refractivity contribution in [2.24, 2.45) is 0 Å². The van der Waals surface area contributed by atoms with Crippen molar-refractivity contribution >= 4 is 22.7 Å². The minimum absolute atomic E-state index is 0.182. The van der Waals surface area contributed by atoms with Crippen LogP contribution in [0.2, 0.25) is 0 Å². The topological polar surface area (TPSA) is 46.0 Å². The van der Waals surface area contributed by atoms with Crippen LogP contribution in [0.4, 0.5) is 0 Å². The van der Waals surface area contributed by atoms with Gasteiger partial charge < -0.3 is 5.11 Å². The van der Waals surface area contributed by atoms with Gasteiger partial charge in [-0.3, -0.25) is 0 Å². The lowest BCUT2D eigenvalue weighted by molar-refractivity contribution is 0.322. The number of aliphatic hydroxyl groups is 1. The molecule has 2 aromatic rings. The van der Waals surface area contributed by atoms with E-state index in [1.807, 2.05) is 24.3 Å². The first-order valence-corrected chi connectivity index (χ1v) is 5.34. The lowest BCUT2D eigenvalue weighted by atomic mass is 10.2. The van der Waals surface area contributed by atoms with Gasteiger partial charge in [-0.05, 0) is 6.07 Å². The molecule has 3 nitrogen and oxygen atoms in total. The zero-order valence-corrected chi connectivity index (χ0v) is 8.37. The summed E-state index contributed by atoms with van der Waals surface area (Å²) in [7, 11) is 0. The summed E-state index contributed by atoms with van der Waals surface area (Å²) in [6.45, 7) is 0.182. The summed E-state index contributed by atoms with van der Waals surface area (Å²) in [5, 5.41) is 17.8. The molecule has 14 heavy (non-hydrogen) atoms. The molecule has 0 unspecified atom stereocenters. The molecule has 0 bridgehead atoms. The van der Waals surface area contributed by atoms with E-state index in [1.54, 1.807) is 18.0 Å². The first-order chi connectivity index (χ1) is 6.92. The summed E-state index contributed by atoms with van der Waals surface area (Å²) >= 11 is 1.60. The molecule has 0 aliphatic rings. The maximum Gasteiger partial charge on any atom is 0.0940 e. The third kappa shape index (κ3) is 1.86. The van der Waals surface area contributed by atoms with Crippen molar-refractivity contribution in [2.45, 2.75) is 4.90 Å². The van der Waals surface area contributed by atoms with Gasteiger partial charge in [-0.25, -0.2) is 0 Å². The molecular formula is C10H10N2OS. The van der Waals surface area contributed by atoms with Crippen molar-refractivity contribution < 1.29 is 5.11 Å². The Balaban J connectivity index is 2.43. The Labute approximate surface area is 86.2 Å². The zero-order chi connectivity index (χ0) is 9.80. The van der Waals surface area contributed by atoms with E-state index in [-0.39, 0.29) is 6.61 Å². The Hall–Kier alpha value is -1.13. The van der Waals surface area contributed by atoms with Crippen LogP contribution >= 0.6 is 11.8 Å². The van der Waals surface area contributed by atoms with Gasteiger partial charge in [-0.2, -0.15) is 10.2 Å². The molecule has 1 N–H and O–H groups in total. The Morgan fingerprint density at radius 1 is 1.29 bits per heavy atom. The van der Waals surface area contributed by atoms with E-state index in [0.29, 0.717) is 5.75 Å². The molecule has 0 saturated heterocycles. The molecule has 4 heteroatoms. The highest BCUT2D eigenvalue weighted by molar-refractivity contribution is 7.99. The summed E-state index contributed by atoms with van der Waals surface area (Å²) in [5.41, 5.74) is 0.899. The average Bonchev–Trinajstić information content (AvgIpc) is 2.26. The number of aliphatic hydroxyl groups excluding tert-OH is 1. The standard InChI is InChI=1S/C10H10N2OS/c13-5-6-14-10-7-11-12-9-4-2-1-3-8(9)10/h1-4,7,13H,5-6H2. The Kier molecular flexibility index (Phi) is 2.96. The molecule has 1 aromatic heterocycles. The number of thioether (sulfide) groups is 1. The first-order valence-electron chi connectivity index (χ1n) is 4.36. The van der Waals surface area contributed by atoms with Gasteiger partial charge in [0.25, 0.3) is 0 Å². The fourth-order valence-corrected chi connectivity index (χ4v) is 2.01. The van der Waals surface area contributed by atoms with Crippen LogP contribution in [-0.2, 0) is 0 Å². The third-order valence-electron chi connectivity index (χ3n) is 1.86. The molecular weight excluding hydrogens is 196 g/mol. The van der Waals surface area contributed by atoms with Gasteiger partial charge >= 0.3 is 0 Å². The summed E-state index contributed by atoms with van der Waals surface area (Å²) in [4.78, 5) is 1.07. The van der Waals surface area contributed by atoms with Gasteiger partial charge in [0.2, 0.25) is 0 Å². The molecule has 0 aliphatic heterocycles. The summed E-state index contributed by atoms with van der Waals surface area (Å²) in [6, 6.07) is 7.87. The van der Waals surface area contributed by atoms with E-state index in [2.05, 4.69) is 10.2 Å². The normalized spacial score (nSPS) is 10.6. The fourth-order valence-electron chi connectivity index (χ4n) is 1.25. The molecule has 72 valence electrons. The quantitative estimate of drug-likeness (QED) is 0.777. The maximum absolute atomic E-state index is 8.74. The molecule has 1 aromatic carbocycles. The largest absolute Gasteiger partial charge is 0.396 e. The van der Waals surface area contributed by atoms with Crippen LogP contribution in [0.25, 0.3) is 10.9 Å². The van der Waals surface area contributed by atoms with Gasteiger partial charge in [0.05, 0.1) is 18.3 Å². The summed E-state index contributed by atoms with van der Waals surface area (Å²) in [6.07, 6.45) is 1.74. The van der Waals surface area contributed by atoms with E-state index in [1.165, 1.54) is 0 Å².